The summed E-state index contributed by atoms with van der Waals surface area (Å²) in [7, 11) is 0. The van der Waals surface area contributed by atoms with Gasteiger partial charge >= 0.3 is 11.9 Å². The molecule has 0 heterocycles. The van der Waals surface area contributed by atoms with E-state index in [2.05, 4.69) is 13.2 Å². The van der Waals surface area contributed by atoms with Crippen LogP contribution < -0.4 is 0 Å². The van der Waals surface area contributed by atoms with Gasteiger partial charge in [0.25, 0.3) is 0 Å². The third kappa shape index (κ3) is 47.3. The summed E-state index contributed by atoms with van der Waals surface area (Å²) in [6.07, 6.45) is -0.654. The molecule has 0 fully saturated rings. The van der Waals surface area contributed by atoms with Crippen LogP contribution in [0.2, 0.25) is 0 Å². The third-order valence-corrected chi connectivity index (χ3v) is 3.44. The number of aliphatic hydroxyl groups is 4. The van der Waals surface area contributed by atoms with Crippen molar-refractivity contribution in [2.45, 2.75) is 52.9 Å². The van der Waals surface area contributed by atoms with Gasteiger partial charge in [0.15, 0.2) is 0 Å². The molecule has 0 saturated heterocycles. The Balaban J connectivity index is -0.000000216. The Bertz CT molecular complexity index is 509. The Hall–Kier alpha value is -1.94. The van der Waals surface area contributed by atoms with Gasteiger partial charge in [-0.15, -0.1) is 0 Å². The molecule has 0 bridgehead atoms. The van der Waals surface area contributed by atoms with Crippen LogP contribution in [0.1, 0.15) is 34.6 Å². The van der Waals surface area contributed by atoms with Gasteiger partial charge in [0.2, 0.25) is 0 Å². The lowest BCUT2D eigenvalue weighted by Gasteiger charge is -2.16. The second kappa shape index (κ2) is 33.1. The first-order valence-corrected chi connectivity index (χ1v) is 12.0. The first kappa shape index (κ1) is 43.1. The van der Waals surface area contributed by atoms with E-state index >= 15 is 0 Å². The van der Waals surface area contributed by atoms with Crippen molar-refractivity contribution in [2.75, 3.05) is 72.7 Å². The highest BCUT2D eigenvalue weighted by molar-refractivity contribution is 5.85. The normalized spacial score (nSPS) is 12.2. The molecule has 0 aliphatic heterocycles. The molecule has 6 N–H and O–H groups in total. The van der Waals surface area contributed by atoms with Gasteiger partial charge in [0.1, 0.15) is 0 Å². The van der Waals surface area contributed by atoms with E-state index < -0.39 is 18.0 Å². The van der Waals surface area contributed by atoms with E-state index in [-0.39, 0.29) is 43.2 Å². The molecule has 0 aliphatic rings. The maximum absolute atomic E-state index is 9.60. The average Bonchev–Trinajstić information content (AvgIpc) is 2.86. The molecule has 0 radical (unpaired) electrons. The smallest absolute Gasteiger partial charge is 0.330 e. The van der Waals surface area contributed by atoms with E-state index in [0.29, 0.717) is 52.9 Å². The topological polar surface area (TPSA) is 202 Å². The Labute approximate surface area is 226 Å². The minimum atomic E-state index is -0.935. The first-order chi connectivity index (χ1) is 17.8. The zero-order chi connectivity index (χ0) is 30.4. The van der Waals surface area contributed by atoms with Crippen LogP contribution in [0.15, 0.2) is 24.3 Å². The van der Waals surface area contributed by atoms with Crippen molar-refractivity contribution in [1.29, 1.82) is 0 Å². The lowest BCUT2D eigenvalue weighted by atomic mass is 10.4. The Morgan fingerprint density at radius 3 is 1.24 bits per heavy atom. The monoisotopic (exact) mass is 558 g/mol. The van der Waals surface area contributed by atoms with Crippen molar-refractivity contribution in [1.82, 2.24) is 0 Å². The van der Waals surface area contributed by atoms with Gasteiger partial charge in [0, 0.05) is 11.1 Å². The molecule has 3 atom stereocenters. The highest BCUT2D eigenvalue weighted by atomic mass is 16.6. The molecule has 0 rings (SSSR count). The van der Waals surface area contributed by atoms with Crippen molar-refractivity contribution in [2.24, 2.45) is 0 Å². The van der Waals surface area contributed by atoms with Gasteiger partial charge < -0.3 is 54.3 Å². The highest BCUT2D eigenvalue weighted by Crippen LogP contribution is 1.97. The second-order valence-corrected chi connectivity index (χ2v) is 7.77. The van der Waals surface area contributed by atoms with E-state index in [9.17, 15) is 9.59 Å². The summed E-state index contributed by atoms with van der Waals surface area (Å²) in [6, 6.07) is 0. The van der Waals surface area contributed by atoms with Crippen molar-refractivity contribution in [3.8, 4) is 0 Å². The fraction of sp³-hybridized carbons (Fsp3) is 0.760. The third-order valence-electron chi connectivity index (χ3n) is 3.44. The number of carboxylic acids is 2. The zero-order valence-corrected chi connectivity index (χ0v) is 23.5. The quantitative estimate of drug-likeness (QED) is 0.0945. The standard InChI is InChI=1S/C9H20O4.C8H18O5.2C4H6O2/c1-7(11)5-12-9(3)6-13-8(2)4-10;9-1-3-11-5-7-13-8-6-12-4-2-10;2*1-3(2)4(5)6/h7-11H,4-6H2,1-3H3;9-10H,1-8H2;2*1H2,2H3,(H,5,6). The predicted octanol–water partition coefficient (Wildman–Crippen LogP) is 0.485. The van der Waals surface area contributed by atoms with E-state index in [1.54, 1.807) is 13.8 Å². The van der Waals surface area contributed by atoms with Crippen molar-refractivity contribution < 1.29 is 63.9 Å². The molecule has 0 aromatic rings. The fourth-order valence-electron chi connectivity index (χ4n) is 1.38. The maximum Gasteiger partial charge on any atom is 0.330 e. The van der Waals surface area contributed by atoms with Crippen LogP contribution in [0.25, 0.3) is 0 Å². The summed E-state index contributed by atoms with van der Waals surface area (Å²) in [5.74, 6) is -1.87. The molecule has 0 aromatic heterocycles. The van der Waals surface area contributed by atoms with Crippen LogP contribution in [0.3, 0.4) is 0 Å². The average molecular weight is 559 g/mol. The molecule has 0 amide bonds. The minimum absolute atomic E-state index is 0.0170. The number of carbonyl (C=O) groups is 2. The minimum Gasteiger partial charge on any atom is -0.478 e. The van der Waals surface area contributed by atoms with Crippen LogP contribution in [0, 0.1) is 0 Å². The van der Waals surface area contributed by atoms with Crippen molar-refractivity contribution >= 4 is 11.9 Å². The summed E-state index contributed by atoms with van der Waals surface area (Å²) in [5.41, 5.74) is 0.352. The van der Waals surface area contributed by atoms with Crippen molar-refractivity contribution in [3.05, 3.63) is 24.3 Å². The molecule has 13 heteroatoms. The van der Waals surface area contributed by atoms with E-state index in [1.807, 2.05) is 6.92 Å². The molecule has 3 unspecified atom stereocenters. The lowest BCUT2D eigenvalue weighted by molar-refractivity contribution is -0.133. The van der Waals surface area contributed by atoms with Crippen LogP contribution in [0.4, 0.5) is 0 Å². The number of aliphatic carboxylic acids is 2. The molecule has 0 aliphatic carbocycles. The first-order valence-electron chi connectivity index (χ1n) is 12.0. The molecule has 38 heavy (non-hydrogen) atoms. The van der Waals surface area contributed by atoms with E-state index in [4.69, 9.17) is 54.3 Å². The van der Waals surface area contributed by atoms with Gasteiger partial charge in [0.05, 0.1) is 91.0 Å². The number of carboxylic acid groups (broad SMARTS) is 2. The van der Waals surface area contributed by atoms with Crippen LogP contribution in [0.5, 0.6) is 0 Å². The summed E-state index contributed by atoms with van der Waals surface area (Å²) >= 11 is 0. The highest BCUT2D eigenvalue weighted by Gasteiger charge is 2.07. The van der Waals surface area contributed by atoms with E-state index in [1.165, 1.54) is 13.8 Å². The molecular weight excluding hydrogens is 508 g/mol. The second-order valence-electron chi connectivity index (χ2n) is 7.77. The number of ether oxygens (including phenoxy) is 5. The fourth-order valence-corrected chi connectivity index (χ4v) is 1.38. The van der Waals surface area contributed by atoms with Gasteiger partial charge in [-0.3, -0.25) is 0 Å². The van der Waals surface area contributed by atoms with Crippen LogP contribution in [-0.4, -0.2) is 134 Å². The number of hydrogen-bond donors (Lipinski definition) is 6. The van der Waals surface area contributed by atoms with E-state index in [0.717, 1.165) is 0 Å². The number of rotatable bonds is 19. The van der Waals surface area contributed by atoms with Gasteiger partial charge in [-0.2, -0.15) is 0 Å². The zero-order valence-electron chi connectivity index (χ0n) is 23.5. The molecular formula is C25H50O13. The van der Waals surface area contributed by atoms with Gasteiger partial charge in [-0.1, -0.05) is 13.2 Å². The molecule has 0 aromatic carbocycles. The molecule has 228 valence electrons. The molecule has 0 saturated carbocycles. The Morgan fingerprint density at radius 1 is 0.658 bits per heavy atom. The number of hydrogen-bond acceptors (Lipinski definition) is 11. The van der Waals surface area contributed by atoms with Crippen LogP contribution in [-0.2, 0) is 33.3 Å². The Kier molecular flexibility index (Phi) is 37.6. The SMILES string of the molecule is C=C(C)C(=O)O.C=C(C)C(=O)O.CC(O)COC(C)COC(C)CO.OCCOCCOCCOCCO. The van der Waals surface area contributed by atoms with Gasteiger partial charge in [-0.05, 0) is 34.6 Å². The maximum atomic E-state index is 9.60. The summed E-state index contributed by atoms with van der Waals surface area (Å²) in [4.78, 5) is 19.2. The van der Waals surface area contributed by atoms with Crippen LogP contribution >= 0.6 is 0 Å². The molecule has 0 spiro atoms. The number of aliphatic hydroxyl groups excluding tert-OH is 4. The summed E-state index contributed by atoms with van der Waals surface area (Å²) in [6.45, 7) is 18.1. The lowest BCUT2D eigenvalue weighted by Crippen LogP contribution is -2.24. The largest absolute Gasteiger partial charge is 0.478 e. The van der Waals surface area contributed by atoms with Gasteiger partial charge in [-0.25, -0.2) is 9.59 Å². The van der Waals surface area contributed by atoms with Crippen molar-refractivity contribution in [3.63, 3.8) is 0 Å². The summed E-state index contributed by atoms with van der Waals surface area (Å²) < 4.78 is 25.5. The predicted molar refractivity (Wildman–Crippen MR) is 141 cm³/mol. The molecule has 13 nitrogen and oxygen atoms in total. The summed E-state index contributed by atoms with van der Waals surface area (Å²) in [5, 5.41) is 50.1. The Morgan fingerprint density at radius 2 is 0.974 bits per heavy atom.